The normalized spacial score (nSPS) is 34.6. The molecule has 1 aromatic rings. The number of nitrogens with one attached hydrogen (secondary N) is 1. The van der Waals surface area contributed by atoms with E-state index in [2.05, 4.69) is 60.2 Å². The van der Waals surface area contributed by atoms with E-state index in [-0.39, 0.29) is 28.4 Å². The van der Waals surface area contributed by atoms with E-state index >= 15 is 0 Å². The Hall–Kier alpha value is -2.08. The molecule has 2 saturated heterocycles. The maximum absolute atomic E-state index is 13.2. The molecule has 36 heavy (non-hydrogen) atoms. The highest BCUT2D eigenvalue weighted by Crippen LogP contribution is 2.65. The van der Waals surface area contributed by atoms with E-state index in [1.165, 1.54) is 49.7 Å². The van der Waals surface area contributed by atoms with Gasteiger partial charge in [0.15, 0.2) is 0 Å². The molecule has 3 aliphatic carbocycles. The van der Waals surface area contributed by atoms with Gasteiger partial charge in [-0.25, -0.2) is 4.79 Å². The van der Waals surface area contributed by atoms with Gasteiger partial charge in [0.2, 0.25) is 5.91 Å². The maximum atomic E-state index is 13.2. The Kier molecular flexibility index (Phi) is 5.53. The van der Waals surface area contributed by atoms with Crippen molar-refractivity contribution in [3.05, 3.63) is 35.4 Å². The molecule has 2 heterocycles. The Bertz CT molecular complexity index is 1050. The third-order valence-corrected chi connectivity index (χ3v) is 10.5. The lowest BCUT2D eigenvalue weighted by atomic mass is 9.63. The summed E-state index contributed by atoms with van der Waals surface area (Å²) < 4.78 is 0. The van der Waals surface area contributed by atoms with Gasteiger partial charge in [-0.15, -0.1) is 0 Å². The van der Waals surface area contributed by atoms with Crippen molar-refractivity contribution < 1.29 is 9.59 Å². The zero-order chi connectivity index (χ0) is 25.5. The fourth-order valence-electron chi connectivity index (χ4n) is 8.61. The van der Waals surface area contributed by atoms with Crippen LogP contribution in [0.4, 0.5) is 4.79 Å². The van der Waals surface area contributed by atoms with Crippen LogP contribution in [-0.4, -0.2) is 71.4 Å². The van der Waals surface area contributed by atoms with Gasteiger partial charge in [-0.3, -0.25) is 4.79 Å². The SMILES string of the molecule is CN(C)C(=O)N[C@@H]1CCC2(CCN(C3CC4CCC5N(C(=O)C(C)(C)C)C45C3)CC2)c2ccccc21. The smallest absolute Gasteiger partial charge is 0.317 e. The summed E-state index contributed by atoms with van der Waals surface area (Å²) in [5.74, 6) is 1.07. The molecule has 5 aliphatic rings. The van der Waals surface area contributed by atoms with E-state index in [0.717, 1.165) is 25.9 Å². The molecule has 5 atom stereocenters. The van der Waals surface area contributed by atoms with E-state index < -0.39 is 0 Å². The number of piperidine rings is 2. The van der Waals surface area contributed by atoms with Gasteiger partial charge < -0.3 is 20.0 Å². The average Bonchev–Trinajstić information content (AvgIpc) is 3.10. The van der Waals surface area contributed by atoms with Crippen molar-refractivity contribution in [1.29, 1.82) is 0 Å². The second-order valence-corrected chi connectivity index (χ2v) is 13.6. The van der Waals surface area contributed by atoms with Gasteiger partial charge in [-0.05, 0) is 86.9 Å². The van der Waals surface area contributed by atoms with E-state index in [1.807, 2.05) is 0 Å². The number of hydrogen-bond donors (Lipinski definition) is 1. The molecule has 196 valence electrons. The van der Waals surface area contributed by atoms with Crippen molar-refractivity contribution in [2.75, 3.05) is 27.2 Å². The number of urea groups is 1. The maximum Gasteiger partial charge on any atom is 0.317 e. The van der Waals surface area contributed by atoms with E-state index in [4.69, 9.17) is 0 Å². The molecule has 2 saturated carbocycles. The number of carbonyl (C=O) groups is 2. The largest absolute Gasteiger partial charge is 0.331 e. The minimum atomic E-state index is -0.280. The summed E-state index contributed by atoms with van der Waals surface area (Å²) in [4.78, 5) is 32.3. The summed E-state index contributed by atoms with van der Waals surface area (Å²) in [7, 11) is 3.61. The van der Waals surface area contributed by atoms with Crippen LogP contribution in [0.25, 0.3) is 0 Å². The van der Waals surface area contributed by atoms with Crippen LogP contribution < -0.4 is 5.32 Å². The van der Waals surface area contributed by atoms with Crippen LogP contribution in [0, 0.1) is 11.3 Å². The Labute approximate surface area is 216 Å². The van der Waals surface area contributed by atoms with Gasteiger partial charge in [0.1, 0.15) is 0 Å². The summed E-state index contributed by atoms with van der Waals surface area (Å²) >= 11 is 0. The third-order valence-electron chi connectivity index (χ3n) is 10.5. The fraction of sp³-hybridized carbons (Fsp3) is 0.733. The topological polar surface area (TPSA) is 55.7 Å². The highest BCUT2D eigenvalue weighted by atomic mass is 16.2. The summed E-state index contributed by atoms with van der Waals surface area (Å²) in [6, 6.07) is 10.1. The fourth-order valence-corrected chi connectivity index (χ4v) is 8.61. The van der Waals surface area contributed by atoms with Gasteiger partial charge in [0, 0.05) is 25.6 Å². The molecule has 1 aromatic carbocycles. The Morgan fingerprint density at radius 3 is 2.44 bits per heavy atom. The van der Waals surface area contributed by atoms with Crippen LogP contribution in [0.1, 0.15) is 89.3 Å². The number of benzene rings is 1. The molecule has 0 radical (unpaired) electrons. The van der Waals surface area contributed by atoms with E-state index in [9.17, 15) is 9.59 Å². The first-order chi connectivity index (χ1) is 17.1. The highest BCUT2D eigenvalue weighted by molar-refractivity contribution is 5.86. The predicted molar refractivity (Wildman–Crippen MR) is 142 cm³/mol. The molecule has 2 aliphatic heterocycles. The Morgan fingerprint density at radius 1 is 1.03 bits per heavy atom. The van der Waals surface area contributed by atoms with Crippen LogP contribution in [0.3, 0.4) is 0 Å². The van der Waals surface area contributed by atoms with Crippen LogP contribution >= 0.6 is 0 Å². The van der Waals surface area contributed by atoms with E-state index in [1.54, 1.807) is 19.0 Å². The average molecular weight is 493 g/mol. The first-order valence-corrected chi connectivity index (χ1v) is 14.2. The second-order valence-electron chi connectivity index (χ2n) is 13.6. The van der Waals surface area contributed by atoms with Crippen LogP contribution in [0.15, 0.2) is 24.3 Å². The number of carbonyl (C=O) groups excluding carboxylic acids is 2. The summed E-state index contributed by atoms with van der Waals surface area (Å²) in [6.45, 7) is 8.51. The molecule has 1 N–H and O–H groups in total. The number of amides is 3. The van der Waals surface area contributed by atoms with Crippen molar-refractivity contribution in [2.24, 2.45) is 11.3 Å². The van der Waals surface area contributed by atoms with Crippen LogP contribution in [0.5, 0.6) is 0 Å². The lowest BCUT2D eigenvalue weighted by Crippen LogP contribution is -2.49. The molecule has 2 spiro atoms. The predicted octanol–water partition coefficient (Wildman–Crippen LogP) is 4.69. The van der Waals surface area contributed by atoms with E-state index in [0.29, 0.717) is 23.9 Å². The number of nitrogens with zero attached hydrogens (tertiary/aromatic N) is 3. The molecule has 0 aromatic heterocycles. The zero-order valence-electron chi connectivity index (χ0n) is 22.8. The summed E-state index contributed by atoms with van der Waals surface area (Å²) in [5.41, 5.74) is 2.91. The summed E-state index contributed by atoms with van der Waals surface area (Å²) in [6.07, 6.45) is 9.52. The van der Waals surface area contributed by atoms with Crippen molar-refractivity contribution in [1.82, 2.24) is 20.0 Å². The zero-order valence-corrected chi connectivity index (χ0v) is 22.8. The molecule has 6 heteroatoms. The first-order valence-electron chi connectivity index (χ1n) is 14.2. The number of rotatable bonds is 2. The number of likely N-dealkylation sites (tertiary alicyclic amines) is 2. The molecule has 4 unspecified atom stereocenters. The van der Waals surface area contributed by atoms with Gasteiger partial charge in [0.25, 0.3) is 0 Å². The first kappa shape index (κ1) is 24.3. The lowest BCUT2D eigenvalue weighted by Gasteiger charge is -2.48. The summed E-state index contributed by atoms with van der Waals surface area (Å²) in [5, 5.41) is 3.25. The quantitative estimate of drug-likeness (QED) is 0.609. The third kappa shape index (κ3) is 3.53. The van der Waals surface area contributed by atoms with Crippen LogP contribution in [-0.2, 0) is 10.2 Å². The standard InChI is InChI=1S/C30H44N4O2/c1-28(2,3)26(35)34-25-11-10-20-18-21(19-30(20,25)34)33-16-14-29(15-17-33)13-12-24(31-27(36)32(4)5)22-8-6-7-9-23(22)29/h6-9,20-21,24-25H,10-19H2,1-5H3,(H,31,36)/t20?,21?,24-,25?,30?,34?/m1/s1. The Balaban J connectivity index is 1.14. The molecule has 6 nitrogen and oxygen atoms in total. The van der Waals surface area contributed by atoms with Gasteiger partial charge >= 0.3 is 6.03 Å². The number of hydrogen-bond acceptors (Lipinski definition) is 3. The van der Waals surface area contributed by atoms with Gasteiger partial charge in [-0.1, -0.05) is 45.0 Å². The van der Waals surface area contributed by atoms with Gasteiger partial charge in [0.05, 0.1) is 17.6 Å². The van der Waals surface area contributed by atoms with Gasteiger partial charge in [-0.2, -0.15) is 0 Å². The molecule has 0 bridgehead atoms. The monoisotopic (exact) mass is 492 g/mol. The highest BCUT2D eigenvalue weighted by Gasteiger charge is 2.75. The minimum Gasteiger partial charge on any atom is -0.331 e. The molecular formula is C30H44N4O2. The molecule has 4 fully saturated rings. The Morgan fingerprint density at radius 2 is 1.75 bits per heavy atom. The van der Waals surface area contributed by atoms with Crippen molar-refractivity contribution in [2.45, 2.75) is 101 Å². The molecule has 3 amide bonds. The van der Waals surface area contributed by atoms with Crippen molar-refractivity contribution >= 4 is 11.9 Å². The number of fused-ring (bicyclic) bond motifs is 2. The second kappa shape index (κ2) is 8.21. The van der Waals surface area contributed by atoms with Crippen molar-refractivity contribution in [3.63, 3.8) is 0 Å². The minimum absolute atomic E-state index is 0.0101. The van der Waals surface area contributed by atoms with Crippen molar-refractivity contribution in [3.8, 4) is 0 Å². The molecular weight excluding hydrogens is 448 g/mol. The lowest BCUT2D eigenvalue weighted by molar-refractivity contribution is -0.136. The molecule has 6 rings (SSSR count). The van der Waals surface area contributed by atoms with Crippen LogP contribution in [0.2, 0.25) is 0 Å².